The van der Waals surface area contributed by atoms with E-state index in [4.69, 9.17) is 25.0 Å². The largest absolute Gasteiger partial charge is 0.490 e. The van der Waals surface area contributed by atoms with Crippen LogP contribution in [0.5, 0.6) is 17.2 Å². The number of ether oxygens (including phenoxy) is 3. The third-order valence-corrected chi connectivity index (χ3v) is 10.3. The minimum Gasteiger partial charge on any atom is -0.490 e. The molecule has 0 aliphatic carbocycles. The van der Waals surface area contributed by atoms with Crippen LogP contribution in [-0.4, -0.2) is 111 Å². The Morgan fingerprint density at radius 3 is 2.52 bits per heavy atom. The molecule has 0 bridgehead atoms. The average molecular weight is 788 g/mol. The maximum absolute atomic E-state index is 13.3. The number of nitrogen functional groups attached to an aromatic ring is 1. The highest BCUT2D eigenvalue weighted by Crippen LogP contribution is 2.36. The second-order valence-electron chi connectivity index (χ2n) is 14.2. The average Bonchev–Trinajstić information content (AvgIpc) is 3.74. The van der Waals surface area contributed by atoms with Crippen LogP contribution in [0.4, 0.5) is 5.82 Å². The summed E-state index contributed by atoms with van der Waals surface area (Å²) in [4.78, 5) is 75.1. The number of hydrogen-bond acceptors (Lipinski definition) is 13. The van der Waals surface area contributed by atoms with Crippen LogP contribution in [0.15, 0.2) is 79.1 Å². The summed E-state index contributed by atoms with van der Waals surface area (Å²) in [5.41, 5.74) is 8.75. The molecule has 298 valence electrons. The van der Waals surface area contributed by atoms with Crippen molar-refractivity contribution in [2.75, 3.05) is 51.7 Å². The number of anilines is 1. The van der Waals surface area contributed by atoms with Crippen LogP contribution in [0.3, 0.4) is 0 Å². The van der Waals surface area contributed by atoms with E-state index >= 15 is 0 Å². The van der Waals surface area contributed by atoms with Crippen molar-refractivity contribution in [3.8, 4) is 28.5 Å². The number of imide groups is 2. The number of amides is 5. The van der Waals surface area contributed by atoms with Crippen LogP contribution < -0.4 is 25.8 Å². The number of hydrogen-bond donors (Lipinski definition) is 3. The van der Waals surface area contributed by atoms with Crippen LogP contribution >= 0.6 is 0 Å². The number of aromatic nitrogens is 4. The fraction of sp³-hybridized carbons (Fsp3) is 0.317. The maximum atomic E-state index is 13.3. The van der Waals surface area contributed by atoms with Crippen molar-refractivity contribution in [1.82, 2.24) is 40.2 Å². The number of carbonyl (C=O) groups excluding carboxylic acids is 5. The SMILES string of the molecule is Nc1ncnc2c1c(-c1ccc(Oc3ccccc3)cc1)nn2C1CCCN(CC(=O)NCCOCCOc2cccc3c2C(=O)N(C2CCC(=O)NC2=O)C3=O)C1. The molecule has 3 aliphatic rings. The number of nitrogens with zero attached hydrogens (tertiary/aromatic N) is 6. The molecule has 2 fully saturated rings. The van der Waals surface area contributed by atoms with E-state index in [0.717, 1.165) is 35.6 Å². The second kappa shape index (κ2) is 16.8. The van der Waals surface area contributed by atoms with E-state index in [1.807, 2.05) is 59.3 Å². The van der Waals surface area contributed by atoms with Gasteiger partial charge < -0.3 is 25.3 Å². The van der Waals surface area contributed by atoms with E-state index in [1.54, 1.807) is 12.1 Å². The van der Waals surface area contributed by atoms with Crippen molar-refractivity contribution in [2.24, 2.45) is 0 Å². The molecule has 2 saturated heterocycles. The zero-order valence-corrected chi connectivity index (χ0v) is 31.5. The summed E-state index contributed by atoms with van der Waals surface area (Å²) >= 11 is 0. The lowest BCUT2D eigenvalue weighted by Gasteiger charge is -2.32. The van der Waals surface area contributed by atoms with Gasteiger partial charge in [0.1, 0.15) is 47.7 Å². The lowest BCUT2D eigenvalue weighted by molar-refractivity contribution is -0.136. The van der Waals surface area contributed by atoms with Gasteiger partial charge in [-0.15, -0.1) is 0 Å². The Kier molecular flexibility index (Phi) is 11.0. The van der Waals surface area contributed by atoms with Gasteiger partial charge >= 0.3 is 0 Å². The van der Waals surface area contributed by atoms with Crippen molar-refractivity contribution in [2.45, 2.75) is 37.8 Å². The number of piperidine rings is 2. The Bertz CT molecular complexity index is 2370. The van der Waals surface area contributed by atoms with Gasteiger partial charge in [-0.25, -0.2) is 14.6 Å². The molecule has 3 aliphatic heterocycles. The van der Waals surface area contributed by atoms with Crippen molar-refractivity contribution in [1.29, 1.82) is 0 Å². The fourth-order valence-corrected chi connectivity index (χ4v) is 7.57. The van der Waals surface area contributed by atoms with Crippen LogP contribution in [0, 0.1) is 0 Å². The summed E-state index contributed by atoms with van der Waals surface area (Å²) in [5.74, 6) is -0.548. The molecule has 0 radical (unpaired) electrons. The van der Waals surface area contributed by atoms with Crippen LogP contribution in [0.1, 0.15) is 52.4 Å². The molecule has 0 saturated carbocycles. The normalized spacial score (nSPS) is 18.3. The number of nitrogens with two attached hydrogens (primary N) is 1. The molecule has 3 aromatic carbocycles. The quantitative estimate of drug-likeness (QED) is 0.109. The highest BCUT2D eigenvalue weighted by atomic mass is 16.5. The predicted octanol–water partition coefficient (Wildman–Crippen LogP) is 3.12. The zero-order chi connectivity index (χ0) is 40.2. The van der Waals surface area contributed by atoms with Crippen LogP contribution in [0.2, 0.25) is 0 Å². The lowest BCUT2D eigenvalue weighted by Crippen LogP contribution is -2.54. The molecular formula is C41H41N9O8. The first kappa shape index (κ1) is 38.2. The van der Waals surface area contributed by atoms with E-state index in [2.05, 4.69) is 25.5 Å². The Morgan fingerprint density at radius 1 is 0.897 bits per heavy atom. The third kappa shape index (κ3) is 7.94. The Morgan fingerprint density at radius 2 is 1.71 bits per heavy atom. The van der Waals surface area contributed by atoms with Gasteiger partial charge in [0.25, 0.3) is 11.8 Å². The minimum atomic E-state index is -1.07. The molecule has 2 unspecified atom stereocenters. The fourth-order valence-electron chi connectivity index (χ4n) is 7.57. The zero-order valence-electron chi connectivity index (χ0n) is 31.5. The summed E-state index contributed by atoms with van der Waals surface area (Å²) < 4.78 is 19.3. The maximum Gasteiger partial charge on any atom is 0.266 e. The van der Waals surface area contributed by atoms with Crippen molar-refractivity contribution < 1.29 is 38.2 Å². The van der Waals surface area contributed by atoms with Gasteiger partial charge in [-0.3, -0.25) is 39.1 Å². The van der Waals surface area contributed by atoms with Crippen molar-refractivity contribution in [3.63, 3.8) is 0 Å². The van der Waals surface area contributed by atoms with Gasteiger partial charge in [0.15, 0.2) is 5.65 Å². The predicted molar refractivity (Wildman–Crippen MR) is 209 cm³/mol. The van der Waals surface area contributed by atoms with Gasteiger partial charge in [0.05, 0.1) is 42.3 Å². The second-order valence-corrected chi connectivity index (χ2v) is 14.2. The number of benzene rings is 3. The smallest absolute Gasteiger partial charge is 0.266 e. The first-order valence-electron chi connectivity index (χ1n) is 19.1. The Hall–Kier alpha value is -6.72. The molecule has 5 amide bonds. The highest BCUT2D eigenvalue weighted by Gasteiger charge is 2.46. The first-order chi connectivity index (χ1) is 28.2. The van der Waals surface area contributed by atoms with Gasteiger partial charge in [0.2, 0.25) is 17.7 Å². The van der Waals surface area contributed by atoms with E-state index in [-0.39, 0.29) is 74.6 Å². The number of carbonyl (C=O) groups is 5. The van der Waals surface area contributed by atoms with Gasteiger partial charge in [-0.1, -0.05) is 24.3 Å². The van der Waals surface area contributed by atoms with Gasteiger partial charge in [-0.2, -0.15) is 5.10 Å². The molecule has 8 rings (SSSR count). The molecule has 4 N–H and O–H groups in total. The molecule has 5 heterocycles. The topological polar surface area (TPSA) is 213 Å². The Balaban J connectivity index is 0.806. The van der Waals surface area contributed by atoms with Crippen LogP contribution in [-0.2, 0) is 19.1 Å². The van der Waals surface area contributed by atoms with Gasteiger partial charge in [-0.05, 0) is 74.3 Å². The molecule has 58 heavy (non-hydrogen) atoms. The molecule has 2 atom stereocenters. The summed E-state index contributed by atoms with van der Waals surface area (Å²) in [6.45, 7) is 2.30. The monoisotopic (exact) mass is 787 g/mol. The van der Waals surface area contributed by atoms with E-state index in [9.17, 15) is 24.0 Å². The first-order valence-corrected chi connectivity index (χ1v) is 19.1. The standard InChI is InChI=1S/C41H41N9O8/c42-37-35-36(25-11-13-28(14-12-25)58-27-7-2-1-3-8-27)47-50(38(35)45-24-44-37)26-6-5-18-48(22-26)23-33(52)43-17-19-56-20-21-57-31-10-4-9-29-34(31)41(55)49(40(29)54)30-15-16-32(51)46-39(30)53/h1-4,7-14,24,26,30H,5-6,15-23H2,(H,43,52)(H2,42,44,45)(H,46,51,53). The summed E-state index contributed by atoms with van der Waals surface area (Å²) in [6, 6.07) is 20.8. The molecule has 0 spiro atoms. The van der Waals surface area contributed by atoms with Gasteiger partial charge in [0, 0.05) is 25.1 Å². The number of likely N-dealkylation sites (tertiary alicyclic amines) is 1. The number of nitrogens with one attached hydrogen (secondary N) is 2. The molecule has 5 aromatic rings. The molecular weight excluding hydrogens is 747 g/mol. The number of fused-ring (bicyclic) bond motifs is 2. The van der Waals surface area contributed by atoms with E-state index in [1.165, 1.54) is 12.4 Å². The van der Waals surface area contributed by atoms with Crippen molar-refractivity contribution in [3.05, 3.63) is 90.3 Å². The van der Waals surface area contributed by atoms with E-state index in [0.29, 0.717) is 34.8 Å². The minimum absolute atomic E-state index is 0.0325. The Labute approximate surface area is 332 Å². The summed E-state index contributed by atoms with van der Waals surface area (Å²) in [6.07, 6.45) is 3.25. The molecule has 2 aromatic heterocycles. The summed E-state index contributed by atoms with van der Waals surface area (Å²) in [7, 11) is 0. The summed E-state index contributed by atoms with van der Waals surface area (Å²) in [5, 5.41) is 10.8. The van der Waals surface area contributed by atoms with E-state index < -0.39 is 29.7 Å². The molecule has 17 nitrogen and oxygen atoms in total. The number of para-hydroxylation sites is 1. The number of rotatable bonds is 14. The lowest BCUT2D eigenvalue weighted by atomic mass is 10.0. The third-order valence-electron chi connectivity index (χ3n) is 10.3. The highest BCUT2D eigenvalue weighted by molar-refractivity contribution is 6.24. The van der Waals surface area contributed by atoms with Crippen molar-refractivity contribution >= 4 is 46.4 Å². The van der Waals surface area contributed by atoms with Crippen LogP contribution in [0.25, 0.3) is 22.3 Å². The molecule has 17 heteroatoms.